The highest BCUT2D eigenvalue weighted by Gasteiger charge is 2.27. The van der Waals surface area contributed by atoms with E-state index in [1.165, 1.54) is 16.2 Å². The van der Waals surface area contributed by atoms with Crippen molar-refractivity contribution in [3.05, 3.63) is 22.4 Å². The Morgan fingerprint density at radius 3 is 2.95 bits per heavy atom. The van der Waals surface area contributed by atoms with Crippen LogP contribution in [0.4, 0.5) is 0 Å². The van der Waals surface area contributed by atoms with E-state index in [-0.39, 0.29) is 24.4 Å². The summed E-state index contributed by atoms with van der Waals surface area (Å²) in [6.07, 6.45) is 2.06. The fourth-order valence-electron chi connectivity index (χ4n) is 2.63. The monoisotopic (exact) mass is 309 g/mol. The minimum atomic E-state index is -0.0981. The Hall–Kier alpha value is -1.40. The number of carbonyl (C=O) groups excluding carboxylic acids is 2. The number of likely N-dealkylation sites (N-methyl/N-ethyl adjacent to an activating group) is 1. The van der Waals surface area contributed by atoms with Crippen molar-refractivity contribution in [1.29, 1.82) is 0 Å². The van der Waals surface area contributed by atoms with E-state index in [9.17, 15) is 9.59 Å². The molecule has 1 aliphatic heterocycles. The lowest BCUT2D eigenvalue weighted by atomic mass is 9.92. The molecular weight excluding hydrogens is 286 g/mol. The number of thiophene rings is 1. The molecule has 21 heavy (non-hydrogen) atoms. The number of nitrogens with two attached hydrogens (primary N) is 1. The first-order valence-electron chi connectivity index (χ1n) is 7.31. The standard InChI is InChI=1S/C15H23N3O2S/c1-11(16)12-5-3-7-18(9-12)14(19)10-17(2)15(20)13-6-4-8-21-13/h4,6,8,11-12H,3,5,7,9-10,16H2,1-2H3. The fourth-order valence-corrected chi connectivity index (χ4v) is 3.35. The summed E-state index contributed by atoms with van der Waals surface area (Å²) < 4.78 is 0. The number of amides is 2. The van der Waals surface area contributed by atoms with Crippen molar-refractivity contribution >= 4 is 23.2 Å². The molecule has 116 valence electrons. The molecule has 1 fully saturated rings. The van der Waals surface area contributed by atoms with Gasteiger partial charge in [-0.3, -0.25) is 9.59 Å². The third-order valence-electron chi connectivity index (χ3n) is 4.01. The Morgan fingerprint density at radius 2 is 2.33 bits per heavy atom. The van der Waals surface area contributed by atoms with Crippen LogP contribution in [0.25, 0.3) is 0 Å². The highest BCUT2D eigenvalue weighted by Crippen LogP contribution is 2.19. The molecule has 1 saturated heterocycles. The summed E-state index contributed by atoms with van der Waals surface area (Å²) >= 11 is 1.39. The lowest BCUT2D eigenvalue weighted by Gasteiger charge is -2.35. The molecule has 2 rings (SSSR count). The summed E-state index contributed by atoms with van der Waals surface area (Å²) in [4.78, 5) is 28.5. The topological polar surface area (TPSA) is 66.6 Å². The normalized spacial score (nSPS) is 20.1. The fraction of sp³-hybridized carbons (Fsp3) is 0.600. The maximum atomic E-state index is 12.3. The Bertz CT molecular complexity index is 487. The number of nitrogens with zero attached hydrogens (tertiary/aromatic N) is 2. The average molecular weight is 309 g/mol. The van der Waals surface area contributed by atoms with Gasteiger partial charge < -0.3 is 15.5 Å². The van der Waals surface area contributed by atoms with E-state index in [4.69, 9.17) is 5.73 Å². The first-order chi connectivity index (χ1) is 9.99. The molecular formula is C15H23N3O2S. The van der Waals surface area contributed by atoms with Crippen molar-refractivity contribution in [2.75, 3.05) is 26.7 Å². The second-order valence-electron chi connectivity index (χ2n) is 5.74. The lowest BCUT2D eigenvalue weighted by Crippen LogP contribution is -2.48. The summed E-state index contributed by atoms with van der Waals surface area (Å²) in [5.74, 6) is 0.271. The van der Waals surface area contributed by atoms with Gasteiger partial charge >= 0.3 is 0 Å². The van der Waals surface area contributed by atoms with E-state index >= 15 is 0 Å². The molecule has 5 nitrogen and oxygen atoms in total. The summed E-state index contributed by atoms with van der Waals surface area (Å²) in [5.41, 5.74) is 5.94. The van der Waals surface area contributed by atoms with Crippen LogP contribution in [0, 0.1) is 5.92 Å². The zero-order valence-corrected chi connectivity index (χ0v) is 13.4. The van der Waals surface area contributed by atoms with Gasteiger partial charge in [-0.15, -0.1) is 11.3 Å². The molecule has 1 aromatic rings. The van der Waals surface area contributed by atoms with Crippen LogP contribution in [-0.4, -0.2) is 54.3 Å². The van der Waals surface area contributed by atoms with Crippen LogP contribution in [0.1, 0.15) is 29.4 Å². The van der Waals surface area contributed by atoms with Crippen LogP contribution in [0.2, 0.25) is 0 Å². The van der Waals surface area contributed by atoms with E-state index in [2.05, 4.69) is 0 Å². The van der Waals surface area contributed by atoms with Gasteiger partial charge in [0.05, 0.1) is 11.4 Å². The van der Waals surface area contributed by atoms with Gasteiger partial charge in [-0.25, -0.2) is 0 Å². The van der Waals surface area contributed by atoms with Crippen LogP contribution in [0.15, 0.2) is 17.5 Å². The number of rotatable bonds is 4. The lowest BCUT2D eigenvalue weighted by molar-refractivity contribution is -0.133. The van der Waals surface area contributed by atoms with E-state index in [0.717, 1.165) is 19.4 Å². The van der Waals surface area contributed by atoms with E-state index in [0.29, 0.717) is 17.3 Å². The molecule has 2 N–H and O–H groups in total. The molecule has 1 aliphatic rings. The maximum absolute atomic E-state index is 12.3. The van der Waals surface area contributed by atoms with Crippen LogP contribution in [0.3, 0.4) is 0 Å². The largest absolute Gasteiger partial charge is 0.341 e. The van der Waals surface area contributed by atoms with Gasteiger partial charge in [0.15, 0.2) is 0 Å². The molecule has 2 amide bonds. The summed E-state index contributed by atoms with van der Waals surface area (Å²) in [6.45, 7) is 3.59. The van der Waals surface area contributed by atoms with Gasteiger partial charge in [0, 0.05) is 26.2 Å². The third kappa shape index (κ3) is 4.04. The molecule has 1 aromatic heterocycles. The van der Waals surface area contributed by atoms with Crippen molar-refractivity contribution < 1.29 is 9.59 Å². The van der Waals surface area contributed by atoms with Gasteiger partial charge in [0.2, 0.25) is 5.91 Å². The zero-order valence-electron chi connectivity index (χ0n) is 12.6. The SMILES string of the molecule is CC(N)C1CCCN(C(=O)CN(C)C(=O)c2cccs2)C1. The summed E-state index contributed by atoms with van der Waals surface area (Å²) in [7, 11) is 1.67. The van der Waals surface area contributed by atoms with Crippen LogP contribution in [0.5, 0.6) is 0 Å². The first kappa shape index (κ1) is 16.0. The van der Waals surface area contributed by atoms with Crippen LogP contribution < -0.4 is 5.73 Å². The van der Waals surface area contributed by atoms with Gasteiger partial charge in [-0.1, -0.05) is 6.07 Å². The van der Waals surface area contributed by atoms with Gasteiger partial charge in [-0.05, 0) is 37.1 Å². The van der Waals surface area contributed by atoms with Crippen molar-refractivity contribution in [1.82, 2.24) is 9.80 Å². The second kappa shape index (κ2) is 7.04. The Kier molecular flexibility index (Phi) is 5.36. The Morgan fingerprint density at radius 1 is 1.57 bits per heavy atom. The molecule has 2 atom stereocenters. The van der Waals surface area contributed by atoms with Gasteiger partial charge in [-0.2, -0.15) is 0 Å². The van der Waals surface area contributed by atoms with Crippen molar-refractivity contribution in [2.45, 2.75) is 25.8 Å². The first-order valence-corrected chi connectivity index (χ1v) is 8.19. The smallest absolute Gasteiger partial charge is 0.264 e. The number of carbonyl (C=O) groups is 2. The third-order valence-corrected chi connectivity index (χ3v) is 4.86. The average Bonchev–Trinajstić information content (AvgIpc) is 3.00. The molecule has 0 spiro atoms. The molecule has 6 heteroatoms. The van der Waals surface area contributed by atoms with Gasteiger partial charge in [0.25, 0.3) is 5.91 Å². The van der Waals surface area contributed by atoms with Crippen LogP contribution in [-0.2, 0) is 4.79 Å². The van der Waals surface area contributed by atoms with E-state index in [1.807, 2.05) is 23.3 Å². The highest BCUT2D eigenvalue weighted by atomic mass is 32.1. The summed E-state index contributed by atoms with van der Waals surface area (Å²) in [5, 5.41) is 1.86. The van der Waals surface area contributed by atoms with Crippen molar-refractivity contribution in [2.24, 2.45) is 11.7 Å². The second-order valence-corrected chi connectivity index (χ2v) is 6.69. The number of piperidine rings is 1. The van der Waals surface area contributed by atoms with E-state index < -0.39 is 0 Å². The van der Waals surface area contributed by atoms with E-state index in [1.54, 1.807) is 13.1 Å². The number of likely N-dealkylation sites (tertiary alicyclic amines) is 1. The van der Waals surface area contributed by atoms with Gasteiger partial charge in [0.1, 0.15) is 0 Å². The molecule has 2 unspecified atom stereocenters. The zero-order chi connectivity index (χ0) is 15.4. The molecule has 0 saturated carbocycles. The Balaban J connectivity index is 1.90. The number of hydrogen-bond acceptors (Lipinski definition) is 4. The quantitative estimate of drug-likeness (QED) is 0.914. The molecule has 0 aromatic carbocycles. The predicted molar refractivity (Wildman–Crippen MR) is 84.2 cm³/mol. The highest BCUT2D eigenvalue weighted by molar-refractivity contribution is 7.12. The molecule has 0 radical (unpaired) electrons. The molecule has 0 aliphatic carbocycles. The Labute approximate surface area is 129 Å². The minimum Gasteiger partial charge on any atom is -0.341 e. The van der Waals surface area contributed by atoms with Crippen LogP contribution >= 0.6 is 11.3 Å². The number of hydrogen-bond donors (Lipinski definition) is 1. The molecule has 0 bridgehead atoms. The van der Waals surface area contributed by atoms with Crippen molar-refractivity contribution in [3.63, 3.8) is 0 Å². The maximum Gasteiger partial charge on any atom is 0.264 e. The van der Waals surface area contributed by atoms with Crippen molar-refractivity contribution in [3.8, 4) is 0 Å². The summed E-state index contributed by atoms with van der Waals surface area (Å²) in [6, 6.07) is 3.72. The predicted octanol–water partition coefficient (Wildman–Crippen LogP) is 1.41. The minimum absolute atomic E-state index is 0.00718. The molecule has 2 heterocycles.